The second-order valence-corrected chi connectivity index (χ2v) is 6.31. The number of rotatable bonds is 6. The fraction of sp³-hybridized carbons (Fsp3) is 0.500. The van der Waals surface area contributed by atoms with Gasteiger partial charge in [0.15, 0.2) is 0 Å². The van der Waals surface area contributed by atoms with E-state index in [1.165, 1.54) is 17.0 Å². The van der Waals surface area contributed by atoms with Crippen LogP contribution in [0, 0.1) is 5.82 Å². The van der Waals surface area contributed by atoms with Gasteiger partial charge in [0.05, 0.1) is 19.8 Å². The van der Waals surface area contributed by atoms with Gasteiger partial charge in [0.1, 0.15) is 11.9 Å². The molecule has 1 heterocycles. The third kappa shape index (κ3) is 4.31. The van der Waals surface area contributed by atoms with Crippen molar-refractivity contribution in [3.8, 4) is 0 Å². The molecular weight excluding hydrogens is 383 g/mol. The van der Waals surface area contributed by atoms with Crippen molar-refractivity contribution in [1.82, 2.24) is 9.80 Å². The van der Waals surface area contributed by atoms with Crippen LogP contribution in [0.1, 0.15) is 18.5 Å². The summed E-state index contributed by atoms with van der Waals surface area (Å²) < 4.78 is 20.0. The van der Waals surface area contributed by atoms with Gasteiger partial charge in [0.25, 0.3) is 0 Å². The molecule has 8 heteroatoms. The number of amides is 1. The number of carbonyl (C=O) groups is 2. The minimum absolute atomic E-state index is 0.0288. The Morgan fingerprint density at radius 3 is 2.79 bits per heavy atom. The highest BCUT2D eigenvalue weighted by Gasteiger charge is 2.36. The minimum atomic E-state index is -0.974. The zero-order valence-corrected chi connectivity index (χ0v) is 15.0. The Hall–Kier alpha value is -1.51. The largest absolute Gasteiger partial charge is 0.465 e. The molecule has 1 saturated heterocycles. The number of esters is 1. The van der Waals surface area contributed by atoms with E-state index in [9.17, 15) is 14.0 Å². The summed E-state index contributed by atoms with van der Waals surface area (Å²) in [7, 11) is 0. The predicted octanol–water partition coefficient (Wildman–Crippen LogP) is 1.33. The van der Waals surface area contributed by atoms with Gasteiger partial charge in [-0.05, 0) is 19.1 Å². The number of piperazine rings is 1. The van der Waals surface area contributed by atoms with Crippen LogP contribution in [0.15, 0.2) is 22.7 Å². The van der Waals surface area contributed by atoms with Gasteiger partial charge >= 0.3 is 5.97 Å². The van der Waals surface area contributed by atoms with Gasteiger partial charge in [0.2, 0.25) is 5.91 Å². The molecule has 0 aromatic heterocycles. The van der Waals surface area contributed by atoms with Crippen molar-refractivity contribution in [1.29, 1.82) is 0 Å². The summed E-state index contributed by atoms with van der Waals surface area (Å²) >= 11 is 3.19. The van der Waals surface area contributed by atoms with Gasteiger partial charge in [-0.15, -0.1) is 0 Å². The van der Waals surface area contributed by atoms with E-state index >= 15 is 0 Å². The molecule has 0 saturated carbocycles. The van der Waals surface area contributed by atoms with Crippen LogP contribution in [0.4, 0.5) is 4.39 Å². The zero-order valence-electron chi connectivity index (χ0n) is 13.4. The smallest absolute Gasteiger partial charge is 0.328 e. The van der Waals surface area contributed by atoms with E-state index < -0.39 is 17.8 Å². The Morgan fingerprint density at radius 2 is 2.21 bits per heavy atom. The topological polar surface area (TPSA) is 70.1 Å². The average molecular weight is 403 g/mol. The Morgan fingerprint density at radius 1 is 1.46 bits per heavy atom. The molecule has 1 unspecified atom stereocenters. The maximum atomic E-state index is 14.4. The standard InChI is InChI=1S/C16H20BrFN2O4/c1-2-24-16(23)15(12-4-3-11(17)9-13(12)18)20-6-5-19(7-8-21)14(22)10-20/h3-4,9,15,21H,2,5-8,10H2,1H3. The first-order valence-corrected chi connectivity index (χ1v) is 8.51. The Balaban J connectivity index is 2.27. The van der Waals surface area contributed by atoms with Gasteiger partial charge < -0.3 is 14.7 Å². The van der Waals surface area contributed by atoms with Crippen molar-refractivity contribution >= 4 is 27.8 Å². The molecule has 0 aliphatic carbocycles. The summed E-state index contributed by atoms with van der Waals surface area (Å²) in [5, 5.41) is 8.97. The van der Waals surface area contributed by atoms with E-state index in [2.05, 4.69) is 15.9 Å². The van der Waals surface area contributed by atoms with Crippen molar-refractivity contribution < 1.29 is 23.8 Å². The maximum Gasteiger partial charge on any atom is 0.328 e. The highest BCUT2D eigenvalue weighted by Crippen LogP contribution is 2.28. The molecule has 0 spiro atoms. The fourth-order valence-corrected chi connectivity index (χ4v) is 3.05. The van der Waals surface area contributed by atoms with E-state index in [0.717, 1.165) is 0 Å². The number of aliphatic hydroxyl groups is 1. The van der Waals surface area contributed by atoms with Crippen LogP contribution in [0.25, 0.3) is 0 Å². The molecule has 0 bridgehead atoms. The molecule has 2 rings (SSSR count). The number of β-amino-alcohol motifs (C(OH)–C–C–N with tert-alkyl or cyclic N) is 1. The lowest BCUT2D eigenvalue weighted by atomic mass is 10.0. The van der Waals surface area contributed by atoms with Gasteiger partial charge in [0, 0.05) is 29.7 Å². The SMILES string of the molecule is CCOC(=O)C(c1ccc(Br)cc1F)N1CCN(CCO)C(=O)C1. The monoisotopic (exact) mass is 402 g/mol. The van der Waals surface area contributed by atoms with Gasteiger partial charge in [-0.1, -0.05) is 22.0 Å². The van der Waals surface area contributed by atoms with Crippen molar-refractivity contribution in [3.63, 3.8) is 0 Å². The summed E-state index contributed by atoms with van der Waals surface area (Å²) in [5.41, 5.74) is 0.181. The molecule has 1 aliphatic rings. The molecule has 132 valence electrons. The van der Waals surface area contributed by atoms with Gasteiger partial charge in [-0.25, -0.2) is 9.18 Å². The van der Waals surface area contributed by atoms with Crippen LogP contribution in [0.3, 0.4) is 0 Å². The molecule has 1 aromatic carbocycles. The van der Waals surface area contributed by atoms with E-state index in [0.29, 0.717) is 17.6 Å². The summed E-state index contributed by atoms with van der Waals surface area (Å²) in [5.74, 6) is -1.32. The molecule has 1 aromatic rings. The minimum Gasteiger partial charge on any atom is -0.465 e. The zero-order chi connectivity index (χ0) is 17.7. The summed E-state index contributed by atoms with van der Waals surface area (Å²) in [4.78, 5) is 27.7. The van der Waals surface area contributed by atoms with Crippen LogP contribution in [-0.4, -0.2) is 66.2 Å². The molecule has 24 heavy (non-hydrogen) atoms. The van der Waals surface area contributed by atoms with E-state index in [1.54, 1.807) is 17.9 Å². The maximum absolute atomic E-state index is 14.4. The number of halogens is 2. The summed E-state index contributed by atoms with van der Waals surface area (Å²) in [6.45, 7) is 2.72. The Labute approximate surface area is 148 Å². The molecule has 1 aliphatic heterocycles. The number of ether oxygens (including phenoxy) is 1. The third-order valence-corrected chi connectivity index (χ3v) is 4.34. The summed E-state index contributed by atoms with van der Waals surface area (Å²) in [6, 6.07) is 3.48. The molecule has 0 radical (unpaired) electrons. The van der Waals surface area contributed by atoms with Crippen molar-refractivity contribution in [2.75, 3.05) is 39.4 Å². The summed E-state index contributed by atoms with van der Waals surface area (Å²) in [6.07, 6.45) is 0. The number of hydrogen-bond donors (Lipinski definition) is 1. The molecule has 1 atom stereocenters. The van der Waals surface area contributed by atoms with Crippen LogP contribution in [0.5, 0.6) is 0 Å². The van der Waals surface area contributed by atoms with Gasteiger partial charge in [-0.2, -0.15) is 0 Å². The van der Waals surface area contributed by atoms with E-state index in [1.807, 2.05) is 0 Å². The fourth-order valence-electron chi connectivity index (χ4n) is 2.72. The van der Waals surface area contributed by atoms with Crippen LogP contribution >= 0.6 is 15.9 Å². The first-order valence-electron chi connectivity index (χ1n) is 7.72. The first kappa shape index (κ1) is 18.8. The second kappa shape index (κ2) is 8.55. The van der Waals surface area contributed by atoms with Crippen LogP contribution in [0.2, 0.25) is 0 Å². The average Bonchev–Trinajstić information content (AvgIpc) is 2.53. The number of nitrogens with zero attached hydrogens (tertiary/aromatic N) is 2. The number of aliphatic hydroxyl groups excluding tert-OH is 1. The van der Waals surface area contributed by atoms with E-state index in [-0.39, 0.29) is 37.8 Å². The third-order valence-electron chi connectivity index (χ3n) is 3.85. The van der Waals surface area contributed by atoms with Crippen LogP contribution in [-0.2, 0) is 14.3 Å². The lowest BCUT2D eigenvalue weighted by molar-refractivity contribution is -0.153. The quantitative estimate of drug-likeness (QED) is 0.726. The van der Waals surface area contributed by atoms with Crippen molar-refractivity contribution in [2.45, 2.75) is 13.0 Å². The van der Waals surface area contributed by atoms with Crippen LogP contribution < -0.4 is 0 Å². The second-order valence-electron chi connectivity index (χ2n) is 5.40. The lowest BCUT2D eigenvalue weighted by Crippen LogP contribution is -2.53. The first-order chi connectivity index (χ1) is 11.5. The lowest BCUT2D eigenvalue weighted by Gasteiger charge is -2.37. The molecule has 1 amide bonds. The predicted molar refractivity (Wildman–Crippen MR) is 88.7 cm³/mol. The number of carbonyl (C=O) groups excluding carboxylic acids is 2. The van der Waals surface area contributed by atoms with Crippen molar-refractivity contribution in [2.24, 2.45) is 0 Å². The highest BCUT2D eigenvalue weighted by molar-refractivity contribution is 9.10. The normalized spacial score (nSPS) is 17.0. The molecule has 6 nitrogen and oxygen atoms in total. The number of hydrogen-bond acceptors (Lipinski definition) is 5. The molecule has 1 N–H and O–H groups in total. The van der Waals surface area contributed by atoms with E-state index in [4.69, 9.17) is 9.84 Å². The Kier molecular flexibility index (Phi) is 6.70. The van der Waals surface area contributed by atoms with Crippen molar-refractivity contribution in [3.05, 3.63) is 34.1 Å². The molecular formula is C16H20BrFN2O4. The molecule has 1 fully saturated rings. The highest BCUT2D eigenvalue weighted by atomic mass is 79.9. The Bertz CT molecular complexity index is 614. The number of benzene rings is 1. The van der Waals surface area contributed by atoms with Gasteiger partial charge in [-0.3, -0.25) is 9.69 Å².